The molecular weight excluding hydrogens is 281 g/mol. The zero-order valence-electron chi connectivity index (χ0n) is 10.7. The van der Waals surface area contributed by atoms with Crippen molar-refractivity contribution in [3.8, 4) is 0 Å². The van der Waals surface area contributed by atoms with Crippen LogP contribution < -0.4 is 5.32 Å². The molecule has 1 atom stereocenters. The molecule has 2 rings (SSSR count). The van der Waals surface area contributed by atoms with Gasteiger partial charge >= 0.3 is 5.97 Å². The van der Waals surface area contributed by atoms with E-state index in [2.05, 4.69) is 5.32 Å². The Kier molecular flexibility index (Phi) is 4.25. The van der Waals surface area contributed by atoms with Crippen molar-refractivity contribution in [3.63, 3.8) is 0 Å². The van der Waals surface area contributed by atoms with Gasteiger partial charge in [-0.2, -0.15) is 0 Å². The van der Waals surface area contributed by atoms with Gasteiger partial charge in [0.25, 0.3) is 0 Å². The van der Waals surface area contributed by atoms with Crippen molar-refractivity contribution in [1.29, 1.82) is 0 Å². The lowest BCUT2D eigenvalue weighted by atomic mass is 10.1. The first kappa shape index (κ1) is 14.3. The predicted octanol–water partition coefficient (Wildman–Crippen LogP) is 4.35. The SMILES string of the molecule is CC(Nc1ccc(Cl)cc1C(=O)O)c1ccccc1F. The highest BCUT2D eigenvalue weighted by Crippen LogP contribution is 2.26. The van der Waals surface area contributed by atoms with Gasteiger partial charge in [0.15, 0.2) is 0 Å². The van der Waals surface area contributed by atoms with Gasteiger partial charge in [-0.25, -0.2) is 9.18 Å². The first-order valence-electron chi connectivity index (χ1n) is 6.03. The van der Waals surface area contributed by atoms with E-state index in [-0.39, 0.29) is 17.4 Å². The Morgan fingerprint density at radius 2 is 2.00 bits per heavy atom. The number of halogens is 2. The summed E-state index contributed by atoms with van der Waals surface area (Å²) in [6, 6.07) is 10.5. The van der Waals surface area contributed by atoms with Crippen molar-refractivity contribution < 1.29 is 14.3 Å². The quantitative estimate of drug-likeness (QED) is 0.881. The lowest BCUT2D eigenvalue weighted by Crippen LogP contribution is -2.12. The third-order valence-corrected chi connectivity index (χ3v) is 3.19. The smallest absolute Gasteiger partial charge is 0.337 e. The van der Waals surface area contributed by atoms with Crippen LogP contribution in [0.1, 0.15) is 28.9 Å². The largest absolute Gasteiger partial charge is 0.478 e. The second-order valence-electron chi connectivity index (χ2n) is 4.38. The number of hydrogen-bond acceptors (Lipinski definition) is 2. The number of carboxylic acids is 1. The molecule has 20 heavy (non-hydrogen) atoms. The second-order valence-corrected chi connectivity index (χ2v) is 4.82. The molecule has 2 aromatic rings. The van der Waals surface area contributed by atoms with Crippen LogP contribution in [0.4, 0.5) is 10.1 Å². The van der Waals surface area contributed by atoms with Crippen LogP contribution in [-0.2, 0) is 0 Å². The van der Waals surface area contributed by atoms with Crippen LogP contribution in [0.3, 0.4) is 0 Å². The van der Waals surface area contributed by atoms with E-state index < -0.39 is 5.97 Å². The molecule has 2 aromatic carbocycles. The van der Waals surface area contributed by atoms with Crippen molar-refractivity contribution in [2.24, 2.45) is 0 Å². The van der Waals surface area contributed by atoms with E-state index in [1.807, 2.05) is 0 Å². The van der Waals surface area contributed by atoms with Crippen molar-refractivity contribution >= 4 is 23.3 Å². The van der Waals surface area contributed by atoms with Crippen LogP contribution >= 0.6 is 11.6 Å². The van der Waals surface area contributed by atoms with Crippen LogP contribution in [0.2, 0.25) is 5.02 Å². The van der Waals surface area contributed by atoms with E-state index in [1.165, 1.54) is 12.1 Å². The molecule has 0 spiro atoms. The fourth-order valence-electron chi connectivity index (χ4n) is 1.96. The molecule has 0 heterocycles. The summed E-state index contributed by atoms with van der Waals surface area (Å²) in [7, 11) is 0. The van der Waals surface area contributed by atoms with Gasteiger partial charge in [0.1, 0.15) is 5.82 Å². The standard InChI is InChI=1S/C15H13ClFNO2/c1-9(11-4-2-3-5-13(11)17)18-14-7-6-10(16)8-12(14)15(19)20/h2-9,18H,1H3,(H,19,20). The maximum absolute atomic E-state index is 13.7. The molecule has 5 heteroatoms. The highest BCUT2D eigenvalue weighted by atomic mass is 35.5. The van der Waals surface area contributed by atoms with Gasteiger partial charge in [0.05, 0.1) is 11.6 Å². The molecule has 0 amide bonds. The minimum Gasteiger partial charge on any atom is -0.478 e. The molecule has 3 nitrogen and oxygen atoms in total. The Hall–Kier alpha value is -2.07. The number of carboxylic acid groups (broad SMARTS) is 1. The molecule has 1 unspecified atom stereocenters. The van der Waals surface area contributed by atoms with Gasteiger partial charge in [-0.15, -0.1) is 0 Å². The summed E-state index contributed by atoms with van der Waals surface area (Å²) in [6.45, 7) is 1.76. The number of nitrogens with one attached hydrogen (secondary N) is 1. The number of anilines is 1. The van der Waals surface area contributed by atoms with Gasteiger partial charge in [-0.3, -0.25) is 0 Å². The van der Waals surface area contributed by atoms with Crippen molar-refractivity contribution in [2.45, 2.75) is 13.0 Å². The number of hydrogen-bond donors (Lipinski definition) is 2. The minimum atomic E-state index is -1.09. The van der Waals surface area contributed by atoms with Crippen molar-refractivity contribution in [1.82, 2.24) is 0 Å². The molecular formula is C15H13ClFNO2. The van der Waals surface area contributed by atoms with Gasteiger partial charge in [0.2, 0.25) is 0 Å². The normalized spacial score (nSPS) is 11.9. The molecule has 0 aliphatic carbocycles. The Balaban J connectivity index is 2.31. The van der Waals surface area contributed by atoms with Gasteiger partial charge < -0.3 is 10.4 Å². The van der Waals surface area contributed by atoms with E-state index in [0.29, 0.717) is 16.3 Å². The van der Waals surface area contributed by atoms with E-state index in [4.69, 9.17) is 16.7 Å². The minimum absolute atomic E-state index is 0.0562. The third-order valence-electron chi connectivity index (χ3n) is 2.96. The number of carbonyl (C=O) groups is 1. The molecule has 2 N–H and O–H groups in total. The lowest BCUT2D eigenvalue weighted by Gasteiger charge is -2.18. The Bertz CT molecular complexity index is 646. The Labute approximate surface area is 121 Å². The molecule has 0 saturated carbocycles. The van der Waals surface area contributed by atoms with E-state index >= 15 is 0 Å². The highest BCUT2D eigenvalue weighted by Gasteiger charge is 2.15. The van der Waals surface area contributed by atoms with Crippen LogP contribution in [0.15, 0.2) is 42.5 Å². The van der Waals surface area contributed by atoms with Gasteiger partial charge in [-0.1, -0.05) is 29.8 Å². The Morgan fingerprint density at radius 1 is 1.30 bits per heavy atom. The van der Waals surface area contributed by atoms with Crippen LogP contribution in [0, 0.1) is 5.82 Å². The first-order chi connectivity index (χ1) is 9.49. The number of benzene rings is 2. The topological polar surface area (TPSA) is 49.3 Å². The van der Waals surface area contributed by atoms with Crippen LogP contribution in [-0.4, -0.2) is 11.1 Å². The zero-order valence-corrected chi connectivity index (χ0v) is 11.5. The van der Waals surface area contributed by atoms with Gasteiger partial charge in [0, 0.05) is 16.3 Å². The molecule has 0 aliphatic rings. The average molecular weight is 294 g/mol. The summed E-state index contributed by atoms with van der Waals surface area (Å²) >= 11 is 5.79. The molecule has 0 bridgehead atoms. The van der Waals surface area contributed by atoms with Crippen molar-refractivity contribution in [2.75, 3.05) is 5.32 Å². The number of rotatable bonds is 4. The summed E-state index contributed by atoms with van der Waals surface area (Å²) in [4.78, 5) is 11.2. The van der Waals surface area contributed by atoms with E-state index in [0.717, 1.165) is 0 Å². The maximum atomic E-state index is 13.7. The molecule has 104 valence electrons. The first-order valence-corrected chi connectivity index (χ1v) is 6.40. The zero-order chi connectivity index (χ0) is 14.7. The summed E-state index contributed by atoms with van der Waals surface area (Å²) in [5.41, 5.74) is 0.928. The van der Waals surface area contributed by atoms with E-state index in [9.17, 15) is 9.18 Å². The average Bonchev–Trinajstić information content (AvgIpc) is 2.41. The molecule has 0 fully saturated rings. The van der Waals surface area contributed by atoms with Crippen molar-refractivity contribution in [3.05, 3.63) is 64.4 Å². The molecule has 0 saturated heterocycles. The summed E-state index contributed by atoms with van der Waals surface area (Å²) in [5.74, 6) is -1.42. The highest BCUT2D eigenvalue weighted by molar-refractivity contribution is 6.31. The second kappa shape index (κ2) is 5.92. The predicted molar refractivity (Wildman–Crippen MR) is 76.8 cm³/mol. The molecule has 0 aromatic heterocycles. The summed E-state index contributed by atoms with van der Waals surface area (Å²) < 4.78 is 13.7. The summed E-state index contributed by atoms with van der Waals surface area (Å²) in [5, 5.41) is 12.5. The maximum Gasteiger partial charge on any atom is 0.337 e. The molecule has 0 aliphatic heterocycles. The lowest BCUT2D eigenvalue weighted by molar-refractivity contribution is 0.0698. The fourth-order valence-corrected chi connectivity index (χ4v) is 2.13. The monoisotopic (exact) mass is 293 g/mol. The summed E-state index contributed by atoms with van der Waals surface area (Å²) in [6.07, 6.45) is 0. The van der Waals surface area contributed by atoms with E-state index in [1.54, 1.807) is 37.3 Å². The number of aromatic carboxylic acids is 1. The molecule has 0 radical (unpaired) electrons. The third kappa shape index (κ3) is 3.08. The Morgan fingerprint density at radius 3 is 2.65 bits per heavy atom. The van der Waals surface area contributed by atoms with Crippen LogP contribution in [0.5, 0.6) is 0 Å². The van der Waals surface area contributed by atoms with Gasteiger partial charge in [-0.05, 0) is 31.2 Å². The fraction of sp³-hybridized carbons (Fsp3) is 0.133. The van der Waals surface area contributed by atoms with Crippen LogP contribution in [0.25, 0.3) is 0 Å².